The molecule has 1 aromatic carbocycles. The van der Waals surface area contributed by atoms with E-state index in [9.17, 15) is 0 Å². The first-order valence-electron chi connectivity index (χ1n) is 9.02. The number of methoxy groups -OCH3 is 1. The molecule has 25 heavy (non-hydrogen) atoms. The van der Waals surface area contributed by atoms with Crippen LogP contribution in [0.5, 0.6) is 5.75 Å². The van der Waals surface area contributed by atoms with Crippen LogP contribution < -0.4 is 15.4 Å². The van der Waals surface area contributed by atoms with Gasteiger partial charge >= 0.3 is 0 Å². The molecular weight excluding hydrogens is 334 g/mol. The lowest BCUT2D eigenvalue weighted by molar-refractivity contribution is 0.145. The predicted octanol–water partition coefficient (Wildman–Crippen LogP) is 3.30. The molecule has 0 heterocycles. The number of aliphatic imine (C=N–C) groups is 1. The van der Waals surface area contributed by atoms with Gasteiger partial charge in [-0.25, -0.2) is 4.99 Å². The van der Waals surface area contributed by atoms with Crippen molar-refractivity contribution in [2.75, 3.05) is 45.4 Å². The van der Waals surface area contributed by atoms with E-state index in [4.69, 9.17) is 14.5 Å². The Morgan fingerprint density at radius 3 is 2.44 bits per heavy atom. The van der Waals surface area contributed by atoms with Crippen LogP contribution in [0.15, 0.2) is 29.3 Å². The molecule has 0 fully saturated rings. The Morgan fingerprint density at radius 2 is 1.80 bits per heavy atom. The summed E-state index contributed by atoms with van der Waals surface area (Å²) in [7, 11) is 1.68. The number of nitrogens with zero attached hydrogens (tertiary/aromatic N) is 1. The summed E-state index contributed by atoms with van der Waals surface area (Å²) in [5.74, 6) is 2.95. The van der Waals surface area contributed by atoms with Gasteiger partial charge < -0.3 is 20.1 Å². The highest BCUT2D eigenvalue weighted by Crippen LogP contribution is 2.11. The summed E-state index contributed by atoms with van der Waals surface area (Å²) >= 11 is 1.89. The zero-order valence-corrected chi connectivity index (χ0v) is 16.7. The van der Waals surface area contributed by atoms with Crippen LogP contribution >= 0.6 is 11.8 Å². The summed E-state index contributed by atoms with van der Waals surface area (Å²) < 4.78 is 10.6. The number of nitrogens with one attached hydrogen (secondary N) is 2. The maximum absolute atomic E-state index is 5.38. The number of hydrogen-bond donors (Lipinski definition) is 2. The number of hydrogen-bond acceptors (Lipinski definition) is 4. The molecule has 0 amide bonds. The number of rotatable bonds is 13. The van der Waals surface area contributed by atoms with Crippen LogP contribution in [0.1, 0.15) is 31.7 Å². The summed E-state index contributed by atoms with van der Waals surface area (Å²) in [5, 5.41) is 6.82. The maximum Gasteiger partial charge on any atom is 0.191 e. The van der Waals surface area contributed by atoms with Crippen molar-refractivity contribution in [3.63, 3.8) is 0 Å². The molecule has 2 N–H and O–H groups in total. The molecule has 6 heteroatoms. The Labute approximate surface area is 157 Å². The van der Waals surface area contributed by atoms with E-state index in [2.05, 4.69) is 16.9 Å². The minimum absolute atomic E-state index is 0.648. The van der Waals surface area contributed by atoms with E-state index in [1.54, 1.807) is 7.11 Å². The number of thioether (sulfide) groups is 1. The van der Waals surface area contributed by atoms with Crippen LogP contribution in [0.25, 0.3) is 0 Å². The first-order chi connectivity index (χ1) is 12.3. The van der Waals surface area contributed by atoms with E-state index >= 15 is 0 Å². The molecule has 0 unspecified atom stereocenters. The molecule has 0 aliphatic carbocycles. The lowest BCUT2D eigenvalue weighted by Gasteiger charge is -2.13. The zero-order chi connectivity index (χ0) is 18.2. The third-order valence-corrected chi connectivity index (χ3v) is 4.31. The van der Waals surface area contributed by atoms with E-state index < -0.39 is 0 Å². The van der Waals surface area contributed by atoms with Crippen molar-refractivity contribution in [1.29, 1.82) is 0 Å². The standard InChI is InChI=1S/C19H33N3O2S/c1-4-24-14-7-13-21-19(20-12-5-6-15-25-3)22-16-17-8-10-18(23-2)11-9-17/h8-11H,4-7,12-16H2,1-3H3,(H2,20,21,22). The Bertz CT molecular complexity index is 450. The lowest BCUT2D eigenvalue weighted by Crippen LogP contribution is -2.38. The Morgan fingerprint density at radius 1 is 1.08 bits per heavy atom. The molecule has 5 nitrogen and oxygen atoms in total. The van der Waals surface area contributed by atoms with Gasteiger partial charge in [0.25, 0.3) is 0 Å². The molecular formula is C19H33N3O2S. The van der Waals surface area contributed by atoms with Crippen LogP contribution in [-0.2, 0) is 11.3 Å². The summed E-state index contributed by atoms with van der Waals surface area (Å²) in [6.07, 6.45) is 5.51. The highest BCUT2D eigenvalue weighted by molar-refractivity contribution is 7.98. The molecule has 0 radical (unpaired) electrons. The highest BCUT2D eigenvalue weighted by atomic mass is 32.2. The van der Waals surface area contributed by atoms with E-state index in [1.165, 1.54) is 17.7 Å². The highest BCUT2D eigenvalue weighted by Gasteiger charge is 2.00. The summed E-state index contributed by atoms with van der Waals surface area (Å²) in [6, 6.07) is 8.03. The molecule has 0 saturated carbocycles. The van der Waals surface area contributed by atoms with Crippen molar-refractivity contribution in [3.8, 4) is 5.75 Å². The molecule has 0 aliphatic heterocycles. The van der Waals surface area contributed by atoms with Crippen molar-refractivity contribution in [1.82, 2.24) is 10.6 Å². The van der Waals surface area contributed by atoms with Gasteiger partial charge in [0.15, 0.2) is 5.96 Å². The van der Waals surface area contributed by atoms with Crippen LogP contribution in [0.3, 0.4) is 0 Å². The largest absolute Gasteiger partial charge is 0.497 e. The van der Waals surface area contributed by atoms with Crippen molar-refractivity contribution in [2.45, 2.75) is 32.7 Å². The molecule has 1 aromatic rings. The molecule has 0 aliphatic rings. The lowest BCUT2D eigenvalue weighted by atomic mass is 10.2. The smallest absolute Gasteiger partial charge is 0.191 e. The number of guanidine groups is 1. The van der Waals surface area contributed by atoms with Gasteiger partial charge in [0.2, 0.25) is 0 Å². The summed E-state index contributed by atoms with van der Waals surface area (Å²) in [6.45, 7) is 6.02. The van der Waals surface area contributed by atoms with Gasteiger partial charge in [-0.1, -0.05) is 12.1 Å². The molecule has 0 saturated heterocycles. The van der Waals surface area contributed by atoms with E-state index in [-0.39, 0.29) is 0 Å². The molecule has 1 rings (SSSR count). The summed E-state index contributed by atoms with van der Waals surface area (Å²) in [5.41, 5.74) is 1.17. The minimum Gasteiger partial charge on any atom is -0.497 e. The first kappa shape index (κ1) is 21.6. The quantitative estimate of drug-likeness (QED) is 0.318. The summed E-state index contributed by atoms with van der Waals surface area (Å²) in [4.78, 5) is 4.69. The van der Waals surface area contributed by atoms with E-state index in [0.717, 1.165) is 50.9 Å². The number of benzene rings is 1. The van der Waals surface area contributed by atoms with Gasteiger partial charge in [0, 0.05) is 26.3 Å². The average Bonchev–Trinajstić information content (AvgIpc) is 2.65. The van der Waals surface area contributed by atoms with Crippen molar-refractivity contribution >= 4 is 17.7 Å². The topological polar surface area (TPSA) is 54.9 Å². The van der Waals surface area contributed by atoms with Gasteiger partial charge in [-0.3, -0.25) is 0 Å². The second-order valence-corrected chi connectivity index (χ2v) is 6.60. The third-order valence-electron chi connectivity index (χ3n) is 3.61. The van der Waals surface area contributed by atoms with Gasteiger partial charge in [-0.05, 0) is 55.9 Å². The van der Waals surface area contributed by atoms with Gasteiger partial charge in [-0.2, -0.15) is 11.8 Å². The fraction of sp³-hybridized carbons (Fsp3) is 0.632. The SMILES string of the molecule is CCOCCCNC(=NCc1ccc(OC)cc1)NCCCCSC. The predicted molar refractivity (Wildman–Crippen MR) is 109 cm³/mol. The minimum atomic E-state index is 0.648. The number of unbranched alkanes of at least 4 members (excludes halogenated alkanes) is 1. The second-order valence-electron chi connectivity index (χ2n) is 5.62. The number of ether oxygens (including phenoxy) is 2. The maximum atomic E-state index is 5.38. The van der Waals surface area contributed by atoms with Gasteiger partial charge in [0.05, 0.1) is 13.7 Å². The van der Waals surface area contributed by atoms with Crippen molar-refractivity contribution < 1.29 is 9.47 Å². The first-order valence-corrected chi connectivity index (χ1v) is 10.4. The van der Waals surface area contributed by atoms with Crippen LogP contribution in [-0.4, -0.2) is 51.4 Å². The zero-order valence-electron chi connectivity index (χ0n) is 15.8. The fourth-order valence-electron chi connectivity index (χ4n) is 2.18. The molecule has 0 atom stereocenters. The van der Waals surface area contributed by atoms with Crippen LogP contribution in [0.4, 0.5) is 0 Å². The Kier molecular flexibility index (Phi) is 12.9. The molecule has 142 valence electrons. The van der Waals surface area contributed by atoms with Gasteiger partial charge in [-0.15, -0.1) is 0 Å². The Hall–Kier alpha value is -1.40. The van der Waals surface area contributed by atoms with Crippen molar-refractivity contribution in [3.05, 3.63) is 29.8 Å². The normalized spacial score (nSPS) is 11.4. The molecule has 0 bridgehead atoms. The van der Waals surface area contributed by atoms with Crippen LogP contribution in [0, 0.1) is 0 Å². The Balaban J connectivity index is 2.45. The van der Waals surface area contributed by atoms with Gasteiger partial charge in [0.1, 0.15) is 5.75 Å². The second kappa shape index (κ2) is 14.9. The fourth-order valence-corrected chi connectivity index (χ4v) is 2.67. The third kappa shape index (κ3) is 10.9. The molecule has 0 aromatic heterocycles. The monoisotopic (exact) mass is 367 g/mol. The van der Waals surface area contributed by atoms with Crippen LogP contribution in [0.2, 0.25) is 0 Å². The molecule has 0 spiro atoms. The van der Waals surface area contributed by atoms with E-state index in [1.807, 2.05) is 43.0 Å². The van der Waals surface area contributed by atoms with Crippen molar-refractivity contribution in [2.24, 2.45) is 4.99 Å². The van der Waals surface area contributed by atoms with E-state index in [0.29, 0.717) is 6.54 Å². The average molecular weight is 368 g/mol.